The van der Waals surface area contributed by atoms with E-state index in [2.05, 4.69) is 0 Å². The van der Waals surface area contributed by atoms with Crippen LogP contribution in [-0.2, 0) is 74.4 Å². The summed E-state index contributed by atoms with van der Waals surface area (Å²) in [6.07, 6.45) is -1.20. The number of aliphatic carboxylic acids is 8. The molecule has 63 heavy (non-hydrogen) atoms. The Kier molecular flexibility index (Phi) is 15.5. The van der Waals surface area contributed by atoms with E-state index in [0.717, 1.165) is 0 Å². The van der Waals surface area contributed by atoms with Crippen LogP contribution in [0.15, 0.2) is 50.5 Å². The Balaban J connectivity index is 0.00000871. The SMILES string of the molecule is C[C@@]1(CC(=O)O)/C2=C/c3[n-]c(c(CCC(=O)O)c3CC(=O)O)CC3=C(CCC(=O)O)C(CC(=O)O)C(=N3)/C=C3\[N-]/C(=C\C(=N2)[C@H]1CCC(=O)O)[C@@](C)(CC(=O)O)[C@@H]3CCC(=O)O.[Co]. The van der Waals surface area contributed by atoms with Crippen LogP contribution in [0.1, 0.15) is 101 Å². The number of rotatable bonds is 20. The van der Waals surface area contributed by atoms with Crippen LogP contribution in [0.25, 0.3) is 11.4 Å². The van der Waals surface area contributed by atoms with Crippen molar-refractivity contribution in [3.8, 4) is 0 Å². The number of nitrogens with zero attached hydrogens (tertiary/aromatic N) is 4. The molecular formula is C42H46CoN4O16-2. The number of aromatic nitrogens is 1. The van der Waals surface area contributed by atoms with Crippen molar-refractivity contribution in [3.05, 3.63) is 68.3 Å². The standard InChI is InChI=1S/C42H47N4O16.Co/c1-41(17-39(59)60)23(5-9-35(51)52)29-14-27-21(11-37(55)56)19(3-7-33(47)48)25(43-27)13-26-20(4-8-34(49)50)22(12-38(57)58)28(44-26)15-31-42(2,18-40(61)62)24(6-10-36(53)54)30(46-31)16-32(41)45-29;/h14-16,21,23-24H,3-13,17-18H2,1-2H3,(H9,43,45,46,47,48,49,50,51,52,53,54,55,56,57,58,59,60,61,62);/q-1;/p-1/b31-15-;/t21?,23-,24-,41+,42+;/m1./s1. The molecule has 341 valence electrons. The predicted octanol–water partition coefficient (Wildman–Crippen LogP) is 4.38. The summed E-state index contributed by atoms with van der Waals surface area (Å²) >= 11 is 0. The number of aliphatic imine (C=N–C) groups is 2. The van der Waals surface area contributed by atoms with Gasteiger partial charge in [0.05, 0.1) is 25.7 Å². The first-order chi connectivity index (χ1) is 29.0. The van der Waals surface area contributed by atoms with Gasteiger partial charge in [-0.15, -0.1) is 11.4 Å². The number of carboxylic acid groups (broad SMARTS) is 8. The minimum atomic E-state index is -1.51. The van der Waals surface area contributed by atoms with Crippen molar-refractivity contribution < 1.29 is 96.0 Å². The Morgan fingerprint density at radius 2 is 1.21 bits per heavy atom. The molecule has 1 radical (unpaired) electrons. The maximum absolute atomic E-state index is 12.6. The van der Waals surface area contributed by atoms with E-state index in [-0.39, 0.29) is 111 Å². The second kappa shape index (κ2) is 19.8. The van der Waals surface area contributed by atoms with Gasteiger partial charge in [-0.1, -0.05) is 37.6 Å². The van der Waals surface area contributed by atoms with Crippen molar-refractivity contribution in [2.24, 2.45) is 38.6 Å². The van der Waals surface area contributed by atoms with Crippen LogP contribution >= 0.6 is 0 Å². The van der Waals surface area contributed by atoms with E-state index in [1.54, 1.807) is 6.92 Å². The maximum Gasteiger partial charge on any atom is 0.307 e. The molecule has 0 aliphatic carbocycles. The Morgan fingerprint density at radius 3 is 1.76 bits per heavy atom. The number of carboxylic acids is 8. The van der Waals surface area contributed by atoms with Gasteiger partial charge in [0.25, 0.3) is 0 Å². The molecule has 8 bridgehead atoms. The molecule has 4 aliphatic rings. The molecule has 1 aromatic rings. The minimum Gasteiger partial charge on any atom is -0.664 e. The van der Waals surface area contributed by atoms with Gasteiger partial charge in [-0.2, -0.15) is 11.4 Å². The normalized spacial score (nSPS) is 26.1. The second-order valence-corrected chi connectivity index (χ2v) is 16.3. The fraction of sp³-hybridized carbons (Fsp3) is 0.476. The topological polar surface area (TPSA) is 351 Å². The van der Waals surface area contributed by atoms with Crippen LogP contribution in [0.2, 0.25) is 0 Å². The summed E-state index contributed by atoms with van der Waals surface area (Å²) in [5.74, 6) is -13.1. The third-order valence-corrected chi connectivity index (χ3v) is 12.0. The average Bonchev–Trinajstić information content (AvgIpc) is 3.77. The van der Waals surface area contributed by atoms with Crippen LogP contribution in [0.3, 0.4) is 0 Å². The quantitative estimate of drug-likeness (QED) is 0.0899. The van der Waals surface area contributed by atoms with Crippen molar-refractivity contribution in [1.29, 1.82) is 0 Å². The Hall–Kier alpha value is -6.35. The fourth-order valence-electron chi connectivity index (χ4n) is 9.15. The Labute approximate surface area is 369 Å². The van der Waals surface area contributed by atoms with Gasteiger partial charge < -0.3 is 51.2 Å². The minimum absolute atomic E-state index is 0. The summed E-state index contributed by atoms with van der Waals surface area (Å²) in [4.78, 5) is 112. The fourth-order valence-corrected chi connectivity index (χ4v) is 9.15. The molecule has 5 heterocycles. The Bertz CT molecular complexity index is 2320. The smallest absolute Gasteiger partial charge is 0.307 e. The molecule has 1 unspecified atom stereocenters. The average molecular weight is 922 g/mol. The molecule has 0 aromatic carbocycles. The number of hydrogen-bond acceptors (Lipinski definition) is 10. The predicted molar refractivity (Wildman–Crippen MR) is 214 cm³/mol. The first-order valence-electron chi connectivity index (χ1n) is 19.7. The van der Waals surface area contributed by atoms with Crippen LogP contribution in [0.4, 0.5) is 0 Å². The van der Waals surface area contributed by atoms with Gasteiger partial charge in [-0.05, 0) is 54.6 Å². The first kappa shape index (κ1) is 49.3. The number of fused-ring (bicyclic) bond motifs is 6. The summed E-state index contributed by atoms with van der Waals surface area (Å²) in [6.45, 7) is 3.08. The molecule has 1 fully saturated rings. The van der Waals surface area contributed by atoms with E-state index in [9.17, 15) is 79.2 Å². The van der Waals surface area contributed by atoms with Gasteiger partial charge in [-0.3, -0.25) is 48.3 Å². The van der Waals surface area contributed by atoms with Crippen molar-refractivity contribution >= 4 is 65.3 Å². The second-order valence-electron chi connectivity index (χ2n) is 16.3. The summed E-state index contributed by atoms with van der Waals surface area (Å²) in [7, 11) is 0. The van der Waals surface area contributed by atoms with Crippen molar-refractivity contribution in [2.75, 3.05) is 0 Å². The van der Waals surface area contributed by atoms with E-state index < -0.39 is 128 Å². The van der Waals surface area contributed by atoms with Gasteiger partial charge in [0.1, 0.15) is 0 Å². The third-order valence-electron chi connectivity index (χ3n) is 12.0. The van der Waals surface area contributed by atoms with Crippen LogP contribution in [0.5, 0.6) is 0 Å². The van der Waals surface area contributed by atoms with E-state index in [1.165, 1.54) is 25.2 Å². The molecule has 1 aromatic heterocycles. The summed E-state index contributed by atoms with van der Waals surface area (Å²) in [5.41, 5.74) is -1.80. The van der Waals surface area contributed by atoms with Gasteiger partial charge in [-0.25, -0.2) is 0 Å². The van der Waals surface area contributed by atoms with Gasteiger partial charge in [0.15, 0.2) is 0 Å². The molecule has 8 N–H and O–H groups in total. The molecule has 0 saturated carbocycles. The summed E-state index contributed by atoms with van der Waals surface area (Å²) in [5, 5.41) is 84.5. The Morgan fingerprint density at radius 1 is 0.635 bits per heavy atom. The molecule has 20 nitrogen and oxygen atoms in total. The third kappa shape index (κ3) is 11.2. The summed E-state index contributed by atoms with van der Waals surface area (Å²) < 4.78 is 0. The molecule has 5 rings (SSSR count). The van der Waals surface area contributed by atoms with Gasteiger partial charge >= 0.3 is 47.8 Å². The monoisotopic (exact) mass is 921 g/mol. The zero-order chi connectivity index (χ0) is 45.8. The first-order valence-corrected chi connectivity index (χ1v) is 19.7. The van der Waals surface area contributed by atoms with Crippen molar-refractivity contribution in [3.63, 3.8) is 0 Å². The van der Waals surface area contributed by atoms with E-state index >= 15 is 0 Å². The van der Waals surface area contributed by atoms with Crippen molar-refractivity contribution in [2.45, 2.75) is 97.3 Å². The van der Waals surface area contributed by atoms with Gasteiger partial charge in [0.2, 0.25) is 0 Å². The molecule has 1 saturated heterocycles. The zero-order valence-corrected chi connectivity index (χ0v) is 35.2. The van der Waals surface area contributed by atoms with Crippen molar-refractivity contribution in [1.82, 2.24) is 4.98 Å². The molecule has 5 atom stereocenters. The maximum atomic E-state index is 12.6. The van der Waals surface area contributed by atoms with E-state index in [0.29, 0.717) is 0 Å². The molecular weight excluding hydrogens is 875 g/mol. The molecule has 0 spiro atoms. The van der Waals surface area contributed by atoms with Crippen LogP contribution in [-0.4, -0.2) is 100 Å². The van der Waals surface area contributed by atoms with Crippen LogP contribution in [0, 0.1) is 28.6 Å². The number of hydrogen-bond donors (Lipinski definition) is 8. The molecule has 0 amide bonds. The largest absolute Gasteiger partial charge is 0.664 e. The van der Waals surface area contributed by atoms with E-state index in [1.807, 2.05) is 0 Å². The zero-order valence-electron chi connectivity index (χ0n) is 34.1. The van der Waals surface area contributed by atoms with E-state index in [4.69, 9.17) is 20.3 Å². The number of allylic oxidation sites excluding steroid dienone is 7. The summed E-state index contributed by atoms with van der Waals surface area (Å²) in [6, 6.07) is 0. The van der Waals surface area contributed by atoms with Crippen LogP contribution < -0.4 is 4.98 Å². The molecule has 4 aliphatic heterocycles. The molecule has 21 heteroatoms. The number of carbonyl (C=O) groups is 8. The van der Waals surface area contributed by atoms with Gasteiger partial charge in [0, 0.05) is 82.5 Å².